The van der Waals surface area contributed by atoms with Gasteiger partial charge >= 0.3 is 0 Å². The van der Waals surface area contributed by atoms with E-state index in [9.17, 15) is 19.3 Å². The number of benzene rings is 2. The number of anilines is 1. The predicted molar refractivity (Wildman–Crippen MR) is 103 cm³/mol. The van der Waals surface area contributed by atoms with Crippen LogP contribution in [-0.4, -0.2) is 46.9 Å². The molecule has 1 fully saturated rings. The maximum atomic E-state index is 13.9. The number of non-ortho nitro benzene ring substituents is 1. The van der Waals surface area contributed by atoms with Gasteiger partial charge in [-0.15, -0.1) is 0 Å². The number of nitro groups is 1. The number of piperazine rings is 1. The Bertz CT molecular complexity index is 1060. The van der Waals surface area contributed by atoms with Crippen LogP contribution in [0, 0.1) is 15.9 Å². The van der Waals surface area contributed by atoms with Gasteiger partial charge in [-0.2, -0.15) is 0 Å². The Balaban J connectivity index is 1.56. The third kappa shape index (κ3) is 3.13. The van der Waals surface area contributed by atoms with Gasteiger partial charge in [0, 0.05) is 49.5 Å². The summed E-state index contributed by atoms with van der Waals surface area (Å²) in [6.07, 6.45) is 1.56. The smallest absolute Gasteiger partial charge is 0.295 e. The number of para-hydroxylation sites is 1. The Labute approximate surface area is 160 Å². The molecule has 0 spiro atoms. The van der Waals surface area contributed by atoms with Crippen LogP contribution in [0.1, 0.15) is 10.4 Å². The lowest BCUT2D eigenvalue weighted by atomic mass is 10.1. The highest BCUT2D eigenvalue weighted by Crippen LogP contribution is 2.31. The molecular weight excluding hydrogens is 363 g/mol. The molecule has 2 aromatic carbocycles. The van der Waals surface area contributed by atoms with Gasteiger partial charge in [0.25, 0.3) is 11.6 Å². The number of hydrogen-bond acceptors (Lipinski definition) is 5. The lowest BCUT2D eigenvalue weighted by Gasteiger charge is -2.36. The van der Waals surface area contributed by atoms with E-state index in [4.69, 9.17) is 0 Å². The van der Waals surface area contributed by atoms with Crippen LogP contribution in [0.4, 0.5) is 15.8 Å². The number of rotatable bonds is 3. The van der Waals surface area contributed by atoms with Gasteiger partial charge in [0.2, 0.25) is 0 Å². The monoisotopic (exact) mass is 380 g/mol. The quantitative estimate of drug-likeness (QED) is 0.515. The molecule has 1 amide bonds. The fourth-order valence-corrected chi connectivity index (χ4v) is 3.52. The predicted octanol–water partition coefficient (Wildman–Crippen LogP) is 3.24. The molecular formula is C20H17FN4O3. The number of hydrogen-bond donors (Lipinski definition) is 0. The molecule has 7 nitrogen and oxygen atoms in total. The normalized spacial score (nSPS) is 14.3. The molecule has 0 bridgehead atoms. The summed E-state index contributed by atoms with van der Waals surface area (Å²) in [7, 11) is 0. The maximum Gasteiger partial charge on any atom is 0.295 e. The second-order valence-electron chi connectivity index (χ2n) is 6.52. The van der Waals surface area contributed by atoms with Crippen molar-refractivity contribution >= 4 is 28.2 Å². The Hall–Kier alpha value is -3.55. The van der Waals surface area contributed by atoms with E-state index in [1.54, 1.807) is 29.3 Å². The van der Waals surface area contributed by atoms with E-state index in [1.165, 1.54) is 18.2 Å². The van der Waals surface area contributed by atoms with E-state index >= 15 is 0 Å². The number of halogens is 1. The first kappa shape index (κ1) is 17.8. The van der Waals surface area contributed by atoms with Gasteiger partial charge < -0.3 is 9.80 Å². The maximum absolute atomic E-state index is 13.9. The number of carbonyl (C=O) groups is 1. The summed E-state index contributed by atoms with van der Waals surface area (Å²) >= 11 is 0. The molecule has 0 radical (unpaired) electrons. The molecule has 2 heterocycles. The average molecular weight is 380 g/mol. The van der Waals surface area contributed by atoms with E-state index in [0.717, 1.165) is 5.69 Å². The van der Waals surface area contributed by atoms with Crippen LogP contribution >= 0.6 is 0 Å². The van der Waals surface area contributed by atoms with Crippen LogP contribution in [0.15, 0.2) is 54.7 Å². The van der Waals surface area contributed by atoms with Crippen LogP contribution < -0.4 is 4.90 Å². The molecule has 0 N–H and O–H groups in total. The fraction of sp³-hybridized carbons (Fsp3) is 0.200. The summed E-state index contributed by atoms with van der Waals surface area (Å²) in [5, 5.41) is 12.0. The Morgan fingerprint density at radius 3 is 2.50 bits per heavy atom. The van der Waals surface area contributed by atoms with Crippen molar-refractivity contribution in [2.45, 2.75) is 0 Å². The van der Waals surface area contributed by atoms with Gasteiger partial charge in [-0.05, 0) is 18.2 Å². The van der Waals surface area contributed by atoms with Crippen molar-refractivity contribution in [1.29, 1.82) is 0 Å². The van der Waals surface area contributed by atoms with Crippen LogP contribution in [0.2, 0.25) is 0 Å². The molecule has 8 heteroatoms. The largest absolute Gasteiger partial charge is 0.367 e. The van der Waals surface area contributed by atoms with Crippen molar-refractivity contribution in [2.75, 3.05) is 31.1 Å². The van der Waals surface area contributed by atoms with Crippen LogP contribution in [0.5, 0.6) is 0 Å². The molecule has 1 aromatic heterocycles. The molecule has 1 saturated heterocycles. The topological polar surface area (TPSA) is 79.6 Å². The summed E-state index contributed by atoms with van der Waals surface area (Å²) in [4.78, 5) is 31.3. The first-order valence-corrected chi connectivity index (χ1v) is 8.87. The number of nitrogens with zero attached hydrogens (tertiary/aromatic N) is 4. The SMILES string of the molecule is O=C(c1ccccc1F)N1CCN(c2ccnc3c([N+](=O)[O-])cccc23)CC1. The number of nitro benzene ring substituents is 1. The zero-order valence-electron chi connectivity index (χ0n) is 14.9. The van der Waals surface area contributed by atoms with Crippen LogP contribution in [-0.2, 0) is 0 Å². The third-order valence-electron chi connectivity index (χ3n) is 4.94. The molecule has 0 unspecified atom stereocenters. The minimum atomic E-state index is -0.526. The zero-order chi connectivity index (χ0) is 19.7. The number of amides is 1. The Morgan fingerprint density at radius 1 is 1.04 bits per heavy atom. The second kappa shape index (κ2) is 7.22. The van der Waals surface area contributed by atoms with Gasteiger partial charge in [-0.3, -0.25) is 14.9 Å². The molecule has 28 heavy (non-hydrogen) atoms. The van der Waals surface area contributed by atoms with Gasteiger partial charge in [-0.25, -0.2) is 9.37 Å². The lowest BCUT2D eigenvalue weighted by Crippen LogP contribution is -2.49. The van der Waals surface area contributed by atoms with Crippen molar-refractivity contribution in [3.63, 3.8) is 0 Å². The van der Waals surface area contributed by atoms with E-state index < -0.39 is 10.7 Å². The number of pyridine rings is 1. The summed E-state index contributed by atoms with van der Waals surface area (Å²) in [5.41, 5.74) is 1.22. The highest BCUT2D eigenvalue weighted by molar-refractivity contribution is 5.97. The van der Waals surface area contributed by atoms with E-state index in [0.29, 0.717) is 37.1 Å². The minimum Gasteiger partial charge on any atom is -0.367 e. The van der Waals surface area contributed by atoms with Crippen molar-refractivity contribution in [2.24, 2.45) is 0 Å². The van der Waals surface area contributed by atoms with Crippen LogP contribution in [0.3, 0.4) is 0 Å². The first-order chi connectivity index (χ1) is 13.6. The summed E-state index contributed by atoms with van der Waals surface area (Å²) in [6, 6.07) is 12.7. The highest BCUT2D eigenvalue weighted by Gasteiger charge is 2.25. The summed E-state index contributed by atoms with van der Waals surface area (Å²) in [6.45, 7) is 1.96. The van der Waals surface area contributed by atoms with Gasteiger partial charge in [0.15, 0.2) is 0 Å². The first-order valence-electron chi connectivity index (χ1n) is 8.87. The van der Waals surface area contributed by atoms with E-state index in [2.05, 4.69) is 9.88 Å². The minimum absolute atomic E-state index is 0.0345. The van der Waals surface area contributed by atoms with Crippen molar-refractivity contribution in [1.82, 2.24) is 9.88 Å². The second-order valence-corrected chi connectivity index (χ2v) is 6.52. The van der Waals surface area contributed by atoms with Gasteiger partial charge in [0.1, 0.15) is 11.3 Å². The third-order valence-corrected chi connectivity index (χ3v) is 4.94. The molecule has 1 aliphatic rings. The molecule has 3 aromatic rings. The van der Waals surface area contributed by atoms with Crippen LogP contribution in [0.25, 0.3) is 10.9 Å². The van der Waals surface area contributed by atoms with Gasteiger partial charge in [-0.1, -0.05) is 24.3 Å². The standard InChI is InChI=1S/C20H17FN4O3/c21-16-6-2-1-4-14(16)20(26)24-12-10-23(11-13-24)17-8-9-22-19-15(17)5-3-7-18(19)25(27)28/h1-9H,10-13H2. The highest BCUT2D eigenvalue weighted by atomic mass is 19.1. The van der Waals surface area contributed by atoms with Crippen molar-refractivity contribution in [3.8, 4) is 0 Å². The fourth-order valence-electron chi connectivity index (χ4n) is 3.52. The van der Waals surface area contributed by atoms with E-state index in [1.807, 2.05) is 12.1 Å². The van der Waals surface area contributed by atoms with Gasteiger partial charge in [0.05, 0.1) is 10.5 Å². The average Bonchev–Trinajstić information content (AvgIpc) is 2.73. The molecule has 0 aliphatic carbocycles. The Morgan fingerprint density at radius 2 is 1.79 bits per heavy atom. The summed E-state index contributed by atoms with van der Waals surface area (Å²) in [5.74, 6) is -0.852. The number of fused-ring (bicyclic) bond motifs is 1. The van der Waals surface area contributed by atoms with E-state index in [-0.39, 0.29) is 17.2 Å². The molecule has 142 valence electrons. The lowest BCUT2D eigenvalue weighted by molar-refractivity contribution is -0.383. The van der Waals surface area contributed by atoms with Crippen molar-refractivity contribution < 1.29 is 14.1 Å². The molecule has 0 atom stereocenters. The molecule has 0 saturated carbocycles. The molecule has 1 aliphatic heterocycles. The summed E-state index contributed by atoms with van der Waals surface area (Å²) < 4.78 is 13.9. The Kier molecular flexibility index (Phi) is 4.60. The zero-order valence-corrected chi connectivity index (χ0v) is 14.9. The molecule has 4 rings (SSSR count). The number of aromatic nitrogens is 1. The number of carbonyl (C=O) groups excluding carboxylic acids is 1. The van der Waals surface area contributed by atoms with Crippen molar-refractivity contribution in [3.05, 3.63) is 76.2 Å².